The summed E-state index contributed by atoms with van der Waals surface area (Å²) in [5.74, 6) is 0.538. The fourth-order valence-corrected chi connectivity index (χ4v) is 4.82. The summed E-state index contributed by atoms with van der Waals surface area (Å²) in [6.45, 7) is 19.7. The van der Waals surface area contributed by atoms with E-state index in [4.69, 9.17) is 4.74 Å². The number of rotatable bonds is 15. The van der Waals surface area contributed by atoms with Crippen LogP contribution in [0.25, 0.3) is 11.2 Å². The molecular formula is C35H46N4O2. The van der Waals surface area contributed by atoms with Gasteiger partial charge in [0.1, 0.15) is 17.1 Å². The Labute approximate surface area is 246 Å². The van der Waals surface area contributed by atoms with Crippen LogP contribution in [0, 0.1) is 0 Å². The Bertz CT molecular complexity index is 1420. The number of anilines is 2. The van der Waals surface area contributed by atoms with E-state index >= 15 is 0 Å². The van der Waals surface area contributed by atoms with Crippen molar-refractivity contribution >= 4 is 28.5 Å². The molecule has 0 atom stereocenters. The number of pyridine rings is 1. The van der Waals surface area contributed by atoms with Crippen molar-refractivity contribution in [2.24, 2.45) is 0 Å². The van der Waals surface area contributed by atoms with Gasteiger partial charge in [-0.15, -0.1) is 0 Å². The van der Waals surface area contributed by atoms with Gasteiger partial charge in [0.2, 0.25) is 0 Å². The Balaban J connectivity index is 1.85. The van der Waals surface area contributed by atoms with E-state index in [0.29, 0.717) is 23.6 Å². The number of hydrogen-bond acceptors (Lipinski definition) is 4. The highest BCUT2D eigenvalue weighted by Crippen LogP contribution is 2.35. The largest absolute Gasteiger partial charge is 0.490 e. The number of nitrogens with one attached hydrogen (secondary N) is 1. The number of fused-ring (bicyclic) bond motifs is 1. The summed E-state index contributed by atoms with van der Waals surface area (Å²) < 4.78 is 8.03. The van der Waals surface area contributed by atoms with Crippen LogP contribution in [-0.4, -0.2) is 35.0 Å². The third kappa shape index (κ3) is 8.46. The van der Waals surface area contributed by atoms with E-state index in [1.807, 2.05) is 49.7 Å². The van der Waals surface area contributed by atoms with Crippen LogP contribution >= 0.6 is 0 Å². The quantitative estimate of drug-likeness (QED) is 0.191. The van der Waals surface area contributed by atoms with Crippen molar-refractivity contribution < 1.29 is 9.53 Å². The van der Waals surface area contributed by atoms with Crippen LogP contribution in [-0.2, 0) is 0 Å². The second-order valence-corrected chi connectivity index (χ2v) is 10.8. The van der Waals surface area contributed by atoms with E-state index in [1.165, 1.54) is 5.57 Å². The zero-order chi connectivity index (χ0) is 29.9. The molecule has 6 heteroatoms. The number of carbonyl (C=O) groups excluding carboxylic acids is 1. The summed E-state index contributed by atoms with van der Waals surface area (Å²) in [5.41, 5.74) is 6.92. The van der Waals surface area contributed by atoms with Crippen molar-refractivity contribution in [3.05, 3.63) is 96.5 Å². The fraction of sp³-hybridized carbons (Fsp3) is 0.371. The van der Waals surface area contributed by atoms with Gasteiger partial charge in [-0.2, -0.15) is 0 Å². The minimum absolute atomic E-state index is 0.186. The molecule has 0 aliphatic carbocycles. The van der Waals surface area contributed by atoms with Gasteiger partial charge in [-0.05, 0) is 62.5 Å². The molecule has 1 aromatic carbocycles. The molecule has 3 aromatic rings. The SMILES string of the molecule is C=C(C=CC=C(C)C)CN(C)c1cccc(NC(=O)c2cnc3cc(OC(CCC)CCC)ccn23)c1C(=C)CC. The predicted octanol–water partition coefficient (Wildman–Crippen LogP) is 8.87. The van der Waals surface area contributed by atoms with Crippen molar-refractivity contribution in [3.63, 3.8) is 0 Å². The molecule has 1 N–H and O–H groups in total. The highest BCUT2D eigenvalue weighted by atomic mass is 16.5. The van der Waals surface area contributed by atoms with Crippen LogP contribution in [0.15, 0.2) is 85.3 Å². The van der Waals surface area contributed by atoms with Gasteiger partial charge < -0.3 is 15.0 Å². The summed E-state index contributed by atoms with van der Waals surface area (Å²) in [5, 5.41) is 3.13. The lowest BCUT2D eigenvalue weighted by atomic mass is 9.99. The molecule has 0 bridgehead atoms. The van der Waals surface area contributed by atoms with Gasteiger partial charge >= 0.3 is 0 Å². The topological polar surface area (TPSA) is 58.9 Å². The molecule has 0 saturated heterocycles. The standard InChI is InChI=1S/C35H46N4O2/c1-9-14-28(15-10-2)41-29-20-21-39-32(23-36-33(39)22-29)35(40)37-30-18-13-19-31(34(30)27(7)11-3)38(8)24-26(6)17-12-16-25(4)5/h12-13,16-23,28H,6-7,9-11,14-15,24H2,1-5,8H3,(H,37,40). The molecular weight excluding hydrogens is 508 g/mol. The van der Waals surface area contributed by atoms with Gasteiger partial charge in [0.15, 0.2) is 0 Å². The van der Waals surface area contributed by atoms with Gasteiger partial charge in [0.05, 0.1) is 18.0 Å². The van der Waals surface area contributed by atoms with E-state index in [1.54, 1.807) is 10.6 Å². The first-order chi connectivity index (χ1) is 19.7. The van der Waals surface area contributed by atoms with Gasteiger partial charge in [0.25, 0.3) is 5.91 Å². The molecule has 0 aliphatic rings. The highest BCUT2D eigenvalue weighted by molar-refractivity contribution is 6.05. The molecule has 41 heavy (non-hydrogen) atoms. The first kappa shape index (κ1) is 31.5. The Hall–Kier alpha value is -4.06. The molecule has 6 nitrogen and oxygen atoms in total. The number of benzene rings is 1. The number of likely N-dealkylation sites (N-methyl/N-ethyl adjacent to an activating group) is 1. The first-order valence-corrected chi connectivity index (χ1v) is 14.6. The summed E-state index contributed by atoms with van der Waals surface area (Å²) in [6.07, 6.45) is 14.7. The van der Waals surface area contributed by atoms with Crippen molar-refractivity contribution in [1.82, 2.24) is 9.38 Å². The second-order valence-electron chi connectivity index (χ2n) is 10.8. The Morgan fingerprint density at radius 1 is 1.15 bits per heavy atom. The third-order valence-electron chi connectivity index (χ3n) is 6.93. The minimum atomic E-state index is -0.236. The molecule has 3 rings (SSSR count). The number of ether oxygens (including phenoxy) is 1. The average molecular weight is 555 g/mol. The number of carbonyl (C=O) groups is 1. The lowest BCUT2D eigenvalue weighted by Gasteiger charge is -2.25. The highest BCUT2D eigenvalue weighted by Gasteiger charge is 2.19. The molecule has 0 fully saturated rings. The third-order valence-corrected chi connectivity index (χ3v) is 6.93. The molecule has 2 heterocycles. The Kier molecular flexibility index (Phi) is 11.6. The maximum Gasteiger partial charge on any atom is 0.274 e. The fourth-order valence-electron chi connectivity index (χ4n) is 4.82. The van der Waals surface area contributed by atoms with Crippen LogP contribution in [0.4, 0.5) is 11.4 Å². The molecule has 0 radical (unpaired) electrons. The van der Waals surface area contributed by atoms with E-state index in [2.05, 4.69) is 75.1 Å². The van der Waals surface area contributed by atoms with E-state index < -0.39 is 0 Å². The average Bonchev–Trinajstić information content (AvgIpc) is 3.36. The van der Waals surface area contributed by atoms with Crippen LogP contribution in [0.5, 0.6) is 5.75 Å². The lowest BCUT2D eigenvalue weighted by Crippen LogP contribution is -2.22. The van der Waals surface area contributed by atoms with Crippen molar-refractivity contribution in [2.45, 2.75) is 72.8 Å². The molecule has 1 amide bonds. The lowest BCUT2D eigenvalue weighted by molar-refractivity contribution is 0.102. The summed E-state index contributed by atoms with van der Waals surface area (Å²) in [6, 6.07) is 9.73. The first-order valence-electron chi connectivity index (χ1n) is 14.6. The zero-order valence-electron chi connectivity index (χ0n) is 25.7. The molecule has 0 aliphatic heterocycles. The number of allylic oxidation sites excluding steroid dienone is 4. The molecule has 2 aromatic heterocycles. The minimum Gasteiger partial charge on any atom is -0.490 e. The smallest absolute Gasteiger partial charge is 0.274 e. The number of hydrogen-bond donors (Lipinski definition) is 1. The summed E-state index contributed by atoms with van der Waals surface area (Å²) >= 11 is 0. The summed E-state index contributed by atoms with van der Waals surface area (Å²) in [7, 11) is 2.03. The number of amides is 1. The number of aromatic nitrogens is 2. The van der Waals surface area contributed by atoms with Crippen LogP contribution < -0.4 is 15.0 Å². The van der Waals surface area contributed by atoms with Gasteiger partial charge in [0, 0.05) is 37.1 Å². The summed E-state index contributed by atoms with van der Waals surface area (Å²) in [4.78, 5) is 20.2. The van der Waals surface area contributed by atoms with E-state index in [0.717, 1.165) is 60.3 Å². The Morgan fingerprint density at radius 2 is 1.88 bits per heavy atom. The van der Waals surface area contributed by atoms with Gasteiger partial charge in [-0.25, -0.2) is 4.98 Å². The maximum absolute atomic E-state index is 13.5. The molecule has 0 spiro atoms. The Morgan fingerprint density at radius 3 is 2.54 bits per heavy atom. The molecule has 0 unspecified atom stereocenters. The predicted molar refractivity (Wildman–Crippen MR) is 174 cm³/mol. The van der Waals surface area contributed by atoms with Crippen LogP contribution in [0.2, 0.25) is 0 Å². The van der Waals surface area contributed by atoms with Crippen molar-refractivity contribution in [3.8, 4) is 5.75 Å². The normalized spacial score (nSPS) is 11.2. The zero-order valence-corrected chi connectivity index (χ0v) is 25.7. The van der Waals surface area contributed by atoms with Gasteiger partial charge in [-0.1, -0.05) is 76.6 Å². The second kappa shape index (κ2) is 15.1. The monoisotopic (exact) mass is 554 g/mol. The van der Waals surface area contributed by atoms with Crippen LogP contribution in [0.3, 0.4) is 0 Å². The maximum atomic E-state index is 13.5. The van der Waals surface area contributed by atoms with E-state index in [-0.39, 0.29) is 12.0 Å². The van der Waals surface area contributed by atoms with Crippen molar-refractivity contribution in [1.29, 1.82) is 0 Å². The number of imidazole rings is 1. The molecule has 218 valence electrons. The van der Waals surface area contributed by atoms with Crippen LogP contribution in [0.1, 0.15) is 82.8 Å². The molecule has 0 saturated carbocycles. The van der Waals surface area contributed by atoms with E-state index in [9.17, 15) is 4.79 Å². The van der Waals surface area contributed by atoms with Crippen molar-refractivity contribution in [2.75, 3.05) is 23.8 Å². The van der Waals surface area contributed by atoms with Gasteiger partial charge in [-0.3, -0.25) is 9.20 Å². The number of nitrogens with zero attached hydrogens (tertiary/aromatic N) is 3.